The Balaban J connectivity index is 0.948. The van der Waals surface area contributed by atoms with Gasteiger partial charge in [0, 0.05) is 5.41 Å². The van der Waals surface area contributed by atoms with Crippen molar-refractivity contribution in [2.24, 2.45) is 0 Å². The first kappa shape index (κ1) is 34.3. The highest BCUT2D eigenvalue weighted by Gasteiger charge is 2.36. The molecule has 0 heteroatoms. The Bertz CT molecular complexity index is 3840. The molecule has 0 nitrogen and oxygen atoms in total. The first-order valence-electron chi connectivity index (χ1n) is 21.5. The fraction of sp³-hybridized carbons (Fsp3) is 0.0492. The summed E-state index contributed by atoms with van der Waals surface area (Å²) in [6, 6.07) is 77.5. The highest BCUT2D eigenvalue weighted by molar-refractivity contribution is 6.30. The molecule has 61 heavy (non-hydrogen) atoms. The van der Waals surface area contributed by atoms with E-state index >= 15 is 0 Å². The van der Waals surface area contributed by atoms with E-state index in [1.165, 1.54) is 131 Å². The largest absolute Gasteiger partial charge is 0.0616 e. The van der Waals surface area contributed by atoms with E-state index in [0.29, 0.717) is 0 Å². The smallest absolute Gasteiger partial charge is 0.0159 e. The quantitative estimate of drug-likeness (QED) is 0.157. The van der Waals surface area contributed by atoms with Crippen molar-refractivity contribution >= 4 is 75.4 Å². The fourth-order valence-electron chi connectivity index (χ4n) is 11.1. The minimum atomic E-state index is -0.168. The highest BCUT2D eigenvalue weighted by Crippen LogP contribution is 2.52. The lowest BCUT2D eigenvalue weighted by atomic mass is 9.80. The number of hydrogen-bond donors (Lipinski definition) is 0. The van der Waals surface area contributed by atoms with Gasteiger partial charge in [-0.05, 0) is 155 Å². The summed E-state index contributed by atoms with van der Waals surface area (Å²) in [4.78, 5) is 0. The second kappa shape index (κ2) is 12.7. The third-order valence-electron chi connectivity index (χ3n) is 14.0. The molecular weight excluding hydrogens is 733 g/mol. The molecule has 284 valence electrons. The lowest BCUT2D eigenvalue weighted by Crippen LogP contribution is -2.15. The average molecular weight is 773 g/mol. The summed E-state index contributed by atoms with van der Waals surface area (Å²) in [5.41, 5.74) is 12.9. The topological polar surface area (TPSA) is 0 Å². The van der Waals surface area contributed by atoms with E-state index in [9.17, 15) is 0 Å². The lowest BCUT2D eigenvalue weighted by molar-refractivity contribution is 0.661. The maximum atomic E-state index is 2.47. The Morgan fingerprint density at radius 2 is 0.672 bits per heavy atom. The van der Waals surface area contributed by atoms with E-state index < -0.39 is 0 Å². The van der Waals surface area contributed by atoms with E-state index in [1.807, 2.05) is 0 Å². The van der Waals surface area contributed by atoms with Crippen molar-refractivity contribution in [3.05, 3.63) is 217 Å². The van der Waals surface area contributed by atoms with E-state index in [-0.39, 0.29) is 5.41 Å². The number of hydrogen-bond acceptors (Lipinski definition) is 0. The molecule has 0 aromatic heterocycles. The maximum Gasteiger partial charge on any atom is 0.0159 e. The van der Waals surface area contributed by atoms with E-state index in [4.69, 9.17) is 0 Å². The first-order valence-corrected chi connectivity index (χ1v) is 21.5. The van der Waals surface area contributed by atoms with Gasteiger partial charge in [-0.3, -0.25) is 0 Å². The minimum absolute atomic E-state index is 0.168. The van der Waals surface area contributed by atoms with Crippen molar-refractivity contribution in [3.8, 4) is 44.5 Å². The van der Waals surface area contributed by atoms with Gasteiger partial charge in [0.1, 0.15) is 0 Å². The SMILES string of the molecule is CC1(C)c2cc(-c3ccc(-c4cc5ccc6ccc7ccccc7c6c5c5ccccc45)c4ccccc34)ccc2-c2ccc(-c3cc4ccccc4c4ccccc34)cc21. The molecule has 13 rings (SSSR count). The van der Waals surface area contributed by atoms with Crippen LogP contribution in [0.2, 0.25) is 0 Å². The van der Waals surface area contributed by atoms with Crippen molar-refractivity contribution in [2.75, 3.05) is 0 Å². The van der Waals surface area contributed by atoms with Gasteiger partial charge in [0.2, 0.25) is 0 Å². The summed E-state index contributed by atoms with van der Waals surface area (Å²) >= 11 is 0. The van der Waals surface area contributed by atoms with Gasteiger partial charge in [0.05, 0.1) is 0 Å². The number of fused-ring (bicyclic) bond motifs is 14. The van der Waals surface area contributed by atoms with Crippen molar-refractivity contribution in [2.45, 2.75) is 19.3 Å². The highest BCUT2D eigenvalue weighted by atomic mass is 14.4. The van der Waals surface area contributed by atoms with E-state index in [0.717, 1.165) is 0 Å². The van der Waals surface area contributed by atoms with Crippen molar-refractivity contribution < 1.29 is 0 Å². The van der Waals surface area contributed by atoms with Gasteiger partial charge in [-0.1, -0.05) is 196 Å². The molecule has 0 heterocycles. The minimum Gasteiger partial charge on any atom is -0.0616 e. The summed E-state index contributed by atoms with van der Waals surface area (Å²) in [5.74, 6) is 0. The van der Waals surface area contributed by atoms with Gasteiger partial charge in [-0.2, -0.15) is 0 Å². The molecule has 0 N–H and O–H groups in total. The summed E-state index contributed by atoms with van der Waals surface area (Å²) in [6.07, 6.45) is 0. The maximum absolute atomic E-state index is 2.47. The molecule has 12 aromatic rings. The van der Waals surface area contributed by atoms with Crippen LogP contribution in [-0.2, 0) is 5.41 Å². The van der Waals surface area contributed by atoms with Crippen LogP contribution < -0.4 is 0 Å². The summed E-state index contributed by atoms with van der Waals surface area (Å²) in [7, 11) is 0. The molecule has 0 atom stereocenters. The zero-order valence-corrected chi connectivity index (χ0v) is 34.1. The molecule has 0 saturated carbocycles. The molecule has 0 bridgehead atoms. The Labute approximate surface area is 355 Å². The molecular formula is C61H40. The summed E-state index contributed by atoms with van der Waals surface area (Å²) < 4.78 is 0. The summed E-state index contributed by atoms with van der Waals surface area (Å²) in [5, 5.41) is 18.1. The van der Waals surface area contributed by atoms with Gasteiger partial charge in [-0.15, -0.1) is 0 Å². The van der Waals surface area contributed by atoms with Crippen LogP contribution in [-0.4, -0.2) is 0 Å². The molecule has 0 aliphatic heterocycles. The van der Waals surface area contributed by atoms with Crippen LogP contribution >= 0.6 is 0 Å². The van der Waals surface area contributed by atoms with E-state index in [1.54, 1.807) is 0 Å². The van der Waals surface area contributed by atoms with Crippen LogP contribution in [0.5, 0.6) is 0 Å². The second-order valence-electron chi connectivity index (χ2n) is 17.6. The molecule has 0 fully saturated rings. The molecule has 1 aliphatic carbocycles. The van der Waals surface area contributed by atoms with Crippen molar-refractivity contribution in [1.82, 2.24) is 0 Å². The summed E-state index contributed by atoms with van der Waals surface area (Å²) in [6.45, 7) is 4.81. The van der Waals surface area contributed by atoms with Crippen LogP contribution in [0, 0.1) is 0 Å². The van der Waals surface area contributed by atoms with Crippen LogP contribution in [0.4, 0.5) is 0 Å². The fourth-order valence-corrected chi connectivity index (χ4v) is 11.1. The zero-order valence-electron chi connectivity index (χ0n) is 34.1. The third-order valence-corrected chi connectivity index (χ3v) is 14.0. The zero-order chi connectivity index (χ0) is 40.4. The van der Waals surface area contributed by atoms with Crippen molar-refractivity contribution in [1.29, 1.82) is 0 Å². The predicted molar refractivity (Wildman–Crippen MR) is 263 cm³/mol. The van der Waals surface area contributed by atoms with Crippen LogP contribution in [0.25, 0.3) is 120 Å². The molecule has 0 radical (unpaired) electrons. The van der Waals surface area contributed by atoms with Crippen LogP contribution in [0.15, 0.2) is 206 Å². The average Bonchev–Trinajstić information content (AvgIpc) is 3.54. The monoisotopic (exact) mass is 772 g/mol. The van der Waals surface area contributed by atoms with Gasteiger partial charge in [0.25, 0.3) is 0 Å². The van der Waals surface area contributed by atoms with E-state index in [2.05, 4.69) is 220 Å². The van der Waals surface area contributed by atoms with Gasteiger partial charge >= 0.3 is 0 Å². The molecule has 0 amide bonds. The standard InChI is InChI=1S/C61H40/c1-61(2)57-35-40(27-29-52(57)53-30-28-41(36-58(53)61)55-33-39-14-4-5-15-43(39)46-17-8-10-20-49(46)55)44-31-32-51(48-19-9-7-18-47(44)48)56-34-42-26-25-38-24-23-37-13-3-6-16-45(37)59(38)60(42)54-22-12-11-21-50(54)56/h3-36H,1-2H3. The van der Waals surface area contributed by atoms with Gasteiger partial charge < -0.3 is 0 Å². The number of benzene rings is 12. The van der Waals surface area contributed by atoms with Crippen molar-refractivity contribution in [3.63, 3.8) is 0 Å². The molecule has 0 saturated heterocycles. The second-order valence-corrected chi connectivity index (χ2v) is 17.6. The Hall–Kier alpha value is -7.54. The Kier molecular flexibility index (Phi) is 7.17. The third kappa shape index (κ3) is 4.94. The lowest BCUT2D eigenvalue weighted by Gasteiger charge is -2.23. The normalized spacial score (nSPS) is 13.2. The van der Waals surface area contributed by atoms with Crippen LogP contribution in [0.3, 0.4) is 0 Å². The van der Waals surface area contributed by atoms with Gasteiger partial charge in [-0.25, -0.2) is 0 Å². The van der Waals surface area contributed by atoms with Crippen LogP contribution in [0.1, 0.15) is 25.0 Å². The predicted octanol–water partition coefficient (Wildman–Crippen LogP) is 17.1. The molecule has 0 spiro atoms. The molecule has 0 unspecified atom stereocenters. The first-order chi connectivity index (χ1) is 30.0. The Morgan fingerprint density at radius 1 is 0.246 bits per heavy atom. The number of rotatable bonds is 3. The Morgan fingerprint density at radius 3 is 1.36 bits per heavy atom. The molecule has 1 aliphatic rings. The molecule has 12 aromatic carbocycles. The van der Waals surface area contributed by atoms with Gasteiger partial charge in [0.15, 0.2) is 0 Å².